The number of hydrogen-bond acceptors (Lipinski definition) is 2. The van der Waals surface area contributed by atoms with Crippen LogP contribution < -0.4 is 0 Å². The van der Waals surface area contributed by atoms with E-state index in [9.17, 15) is 0 Å². The molecule has 1 aromatic rings. The molecule has 11 heavy (non-hydrogen) atoms. The third-order valence-electron chi connectivity index (χ3n) is 1.46. The Morgan fingerprint density at radius 3 is 3.36 bits per heavy atom. The van der Waals surface area contributed by atoms with E-state index in [4.69, 9.17) is 0 Å². The standard InChI is InChI=1S/C9H6N2/c1-2-4-8-6-10-7-11-9(8)5-3-1/h1,3-7H. The summed E-state index contributed by atoms with van der Waals surface area (Å²) in [5, 5.41) is 0. The number of allylic oxidation sites excluding steroid dienone is 2. The van der Waals surface area contributed by atoms with Gasteiger partial charge in [-0.25, -0.2) is 9.97 Å². The smallest absolute Gasteiger partial charge is 0.116 e. The average molecular weight is 142 g/mol. The molecule has 52 valence electrons. The van der Waals surface area contributed by atoms with Gasteiger partial charge in [-0.05, 0) is 18.2 Å². The van der Waals surface area contributed by atoms with Crippen LogP contribution in [0.1, 0.15) is 11.3 Å². The molecule has 0 atom stereocenters. The van der Waals surface area contributed by atoms with Crippen molar-refractivity contribution in [3.8, 4) is 0 Å². The summed E-state index contributed by atoms with van der Waals surface area (Å²) in [6.45, 7) is 0. The van der Waals surface area contributed by atoms with Gasteiger partial charge in [-0.3, -0.25) is 0 Å². The lowest BCUT2D eigenvalue weighted by atomic mass is 10.2. The largest absolute Gasteiger partial charge is 0.244 e. The van der Waals surface area contributed by atoms with Crippen molar-refractivity contribution in [1.29, 1.82) is 0 Å². The topological polar surface area (TPSA) is 25.8 Å². The molecule has 0 bridgehead atoms. The number of aromatic nitrogens is 2. The van der Waals surface area contributed by atoms with Gasteiger partial charge in [0, 0.05) is 11.8 Å². The summed E-state index contributed by atoms with van der Waals surface area (Å²) in [7, 11) is 0. The van der Waals surface area contributed by atoms with Gasteiger partial charge < -0.3 is 0 Å². The predicted octanol–water partition coefficient (Wildman–Crippen LogP) is 1.67. The van der Waals surface area contributed by atoms with Gasteiger partial charge in [0.15, 0.2) is 0 Å². The summed E-state index contributed by atoms with van der Waals surface area (Å²) in [4.78, 5) is 8.00. The maximum absolute atomic E-state index is 4.09. The molecule has 0 fully saturated rings. The highest BCUT2D eigenvalue weighted by Gasteiger charge is 1.96. The van der Waals surface area contributed by atoms with Crippen molar-refractivity contribution in [2.45, 2.75) is 0 Å². The van der Waals surface area contributed by atoms with Gasteiger partial charge in [0.2, 0.25) is 0 Å². The Morgan fingerprint density at radius 1 is 1.36 bits per heavy atom. The highest BCUT2D eigenvalue weighted by Crippen LogP contribution is 2.09. The predicted molar refractivity (Wildman–Crippen MR) is 43.6 cm³/mol. The van der Waals surface area contributed by atoms with E-state index in [1.165, 1.54) is 0 Å². The van der Waals surface area contributed by atoms with E-state index in [1.807, 2.05) is 24.3 Å². The molecule has 2 nitrogen and oxygen atoms in total. The lowest BCUT2D eigenvalue weighted by Gasteiger charge is -1.93. The first kappa shape index (κ1) is 6.08. The van der Waals surface area contributed by atoms with Crippen LogP contribution in [0, 0.1) is 0 Å². The monoisotopic (exact) mass is 142 g/mol. The van der Waals surface area contributed by atoms with Crippen molar-refractivity contribution in [2.75, 3.05) is 0 Å². The molecule has 0 spiro atoms. The van der Waals surface area contributed by atoms with E-state index < -0.39 is 0 Å². The van der Waals surface area contributed by atoms with Crippen LogP contribution in [0.15, 0.2) is 30.4 Å². The van der Waals surface area contributed by atoms with Crippen LogP contribution in [-0.2, 0) is 0 Å². The lowest BCUT2D eigenvalue weighted by Crippen LogP contribution is -1.86. The van der Waals surface area contributed by atoms with Crippen LogP contribution in [0.25, 0.3) is 12.2 Å². The number of fused-ring (bicyclic) bond motifs is 1. The fourth-order valence-electron chi connectivity index (χ4n) is 0.933. The highest BCUT2D eigenvalue weighted by molar-refractivity contribution is 5.64. The second-order valence-corrected chi connectivity index (χ2v) is 2.20. The molecule has 2 rings (SSSR count). The normalized spacial score (nSPS) is 12.7. The van der Waals surface area contributed by atoms with Gasteiger partial charge >= 0.3 is 0 Å². The molecule has 1 heterocycles. The van der Waals surface area contributed by atoms with Gasteiger partial charge in [-0.1, -0.05) is 6.08 Å². The minimum atomic E-state index is 0.946. The molecule has 0 aliphatic heterocycles. The second kappa shape index (κ2) is 2.52. The maximum atomic E-state index is 4.09. The van der Waals surface area contributed by atoms with Crippen molar-refractivity contribution >= 4 is 12.2 Å². The van der Waals surface area contributed by atoms with Gasteiger partial charge in [0.25, 0.3) is 0 Å². The summed E-state index contributed by atoms with van der Waals surface area (Å²) < 4.78 is 0. The Kier molecular flexibility index (Phi) is 1.39. The molecule has 1 aliphatic carbocycles. The molecule has 0 aromatic carbocycles. The Hall–Kier alpha value is -1.66. The third kappa shape index (κ3) is 1.11. The van der Waals surface area contributed by atoms with Crippen LogP contribution in [0.3, 0.4) is 0 Å². The van der Waals surface area contributed by atoms with Gasteiger partial charge in [0.05, 0.1) is 5.69 Å². The van der Waals surface area contributed by atoms with Crippen molar-refractivity contribution in [3.63, 3.8) is 0 Å². The third-order valence-corrected chi connectivity index (χ3v) is 1.46. The molecule has 0 saturated heterocycles. The van der Waals surface area contributed by atoms with Crippen molar-refractivity contribution < 1.29 is 0 Å². The number of hydrogen-bond donors (Lipinski definition) is 0. The first-order valence-electron chi connectivity index (χ1n) is 3.36. The average Bonchev–Trinajstić information content (AvgIpc) is 2.28. The van der Waals surface area contributed by atoms with E-state index >= 15 is 0 Å². The van der Waals surface area contributed by atoms with Crippen LogP contribution in [0.5, 0.6) is 0 Å². The molecule has 0 N–H and O–H groups in total. The molecule has 0 saturated carbocycles. The quantitative estimate of drug-likeness (QED) is 0.515. The number of nitrogens with zero attached hydrogens (tertiary/aromatic N) is 2. The Morgan fingerprint density at radius 2 is 2.36 bits per heavy atom. The zero-order chi connectivity index (χ0) is 7.52. The number of rotatable bonds is 0. The summed E-state index contributed by atoms with van der Waals surface area (Å²) in [5.74, 6) is 0. The van der Waals surface area contributed by atoms with E-state index in [0.717, 1.165) is 11.3 Å². The van der Waals surface area contributed by atoms with Gasteiger partial charge in [0.1, 0.15) is 6.33 Å². The van der Waals surface area contributed by atoms with Crippen LogP contribution in [0.4, 0.5) is 0 Å². The van der Waals surface area contributed by atoms with Crippen LogP contribution in [0.2, 0.25) is 0 Å². The maximum Gasteiger partial charge on any atom is 0.116 e. The van der Waals surface area contributed by atoms with Crippen LogP contribution in [-0.4, -0.2) is 9.97 Å². The van der Waals surface area contributed by atoms with E-state index in [-0.39, 0.29) is 0 Å². The molecule has 1 aliphatic rings. The molecule has 2 heteroatoms. The fourth-order valence-corrected chi connectivity index (χ4v) is 0.933. The van der Waals surface area contributed by atoms with Gasteiger partial charge in [-0.15, -0.1) is 5.73 Å². The van der Waals surface area contributed by atoms with Gasteiger partial charge in [-0.2, -0.15) is 0 Å². The van der Waals surface area contributed by atoms with E-state index in [2.05, 4.69) is 15.7 Å². The summed E-state index contributed by atoms with van der Waals surface area (Å²) in [6.07, 6.45) is 10.9. The van der Waals surface area contributed by atoms with Crippen molar-refractivity contribution in [2.24, 2.45) is 0 Å². The molecule has 0 unspecified atom stereocenters. The summed E-state index contributed by atoms with van der Waals surface area (Å²) >= 11 is 0. The minimum Gasteiger partial charge on any atom is -0.244 e. The van der Waals surface area contributed by atoms with E-state index in [1.54, 1.807) is 12.5 Å². The zero-order valence-corrected chi connectivity index (χ0v) is 5.86. The fraction of sp³-hybridized carbons (Fsp3) is 0. The molecule has 1 aromatic heterocycles. The summed E-state index contributed by atoms with van der Waals surface area (Å²) in [5.41, 5.74) is 4.94. The molecular formula is C9H6N2. The summed E-state index contributed by atoms with van der Waals surface area (Å²) in [6, 6.07) is 0. The first-order valence-corrected chi connectivity index (χ1v) is 3.36. The molecule has 0 radical (unpaired) electrons. The minimum absolute atomic E-state index is 0.946. The Bertz CT molecular complexity index is 358. The van der Waals surface area contributed by atoms with Crippen LogP contribution >= 0.6 is 0 Å². The van der Waals surface area contributed by atoms with Crippen molar-refractivity contribution in [3.05, 3.63) is 41.7 Å². The Labute approximate surface area is 64.6 Å². The van der Waals surface area contributed by atoms with E-state index in [0.29, 0.717) is 0 Å². The van der Waals surface area contributed by atoms with Crippen molar-refractivity contribution in [1.82, 2.24) is 9.97 Å². The molecule has 0 amide bonds. The second-order valence-electron chi connectivity index (χ2n) is 2.20. The first-order chi connectivity index (χ1) is 5.47. The zero-order valence-electron chi connectivity index (χ0n) is 5.86. The SMILES string of the molecule is C1=CC=Cc2ncncc2C=1. The Balaban J connectivity index is 2.67. The highest BCUT2D eigenvalue weighted by atomic mass is 14.8. The molecular weight excluding hydrogens is 136 g/mol. The lowest BCUT2D eigenvalue weighted by molar-refractivity contribution is 1.14.